The number of pyridine rings is 1. The number of aryl methyl sites for hydroxylation is 1. The molecule has 0 fully saturated rings. The van der Waals surface area contributed by atoms with Crippen LogP contribution in [-0.2, 0) is 0 Å². The molecule has 0 bridgehead atoms. The molecular weight excluding hydrogens is 282 g/mol. The zero-order chi connectivity index (χ0) is 16.2. The molecule has 0 aliphatic carbocycles. The molecule has 3 heteroatoms. The van der Waals surface area contributed by atoms with Gasteiger partial charge in [-0.25, -0.2) is 4.85 Å². The molecule has 0 amide bonds. The third-order valence-electron chi connectivity index (χ3n) is 3.67. The van der Waals surface area contributed by atoms with Crippen LogP contribution in [0.2, 0.25) is 0 Å². The lowest BCUT2D eigenvalue weighted by molar-refractivity contribution is 1.28. The molecule has 3 rings (SSSR count). The number of rotatable bonds is 2. The molecule has 1 heterocycles. The number of nitriles is 1. The van der Waals surface area contributed by atoms with E-state index in [9.17, 15) is 0 Å². The van der Waals surface area contributed by atoms with E-state index in [0.717, 1.165) is 27.9 Å². The highest BCUT2D eigenvalue weighted by Gasteiger charge is 2.08. The van der Waals surface area contributed by atoms with Crippen LogP contribution in [0.25, 0.3) is 27.2 Å². The van der Waals surface area contributed by atoms with Gasteiger partial charge in [-0.2, -0.15) is 5.26 Å². The summed E-state index contributed by atoms with van der Waals surface area (Å²) in [6.45, 7) is 9.20. The largest absolute Gasteiger partial charge is 0.256 e. The SMILES string of the molecule is [C-]#[N+]c1cc(C#N)cc(-c2cc(C)c(-c3ccccc3)cn2)c1. The van der Waals surface area contributed by atoms with E-state index in [0.29, 0.717) is 11.3 Å². The van der Waals surface area contributed by atoms with Crippen LogP contribution in [0.5, 0.6) is 0 Å². The van der Waals surface area contributed by atoms with E-state index in [-0.39, 0.29) is 0 Å². The molecule has 0 N–H and O–H groups in total. The summed E-state index contributed by atoms with van der Waals surface area (Å²) in [5, 5.41) is 9.10. The molecule has 0 saturated heterocycles. The minimum absolute atomic E-state index is 0.450. The molecule has 0 saturated carbocycles. The van der Waals surface area contributed by atoms with E-state index in [1.807, 2.05) is 37.4 Å². The summed E-state index contributed by atoms with van der Waals surface area (Å²) < 4.78 is 0. The van der Waals surface area contributed by atoms with Gasteiger partial charge in [0.2, 0.25) is 0 Å². The average Bonchev–Trinajstić information content (AvgIpc) is 2.61. The Kier molecular flexibility index (Phi) is 3.87. The fraction of sp³-hybridized carbons (Fsp3) is 0.0500. The molecule has 0 radical (unpaired) electrons. The zero-order valence-corrected chi connectivity index (χ0v) is 12.6. The third-order valence-corrected chi connectivity index (χ3v) is 3.67. The summed E-state index contributed by atoms with van der Waals surface area (Å²) in [5.74, 6) is 0. The van der Waals surface area contributed by atoms with Gasteiger partial charge < -0.3 is 0 Å². The van der Waals surface area contributed by atoms with E-state index < -0.39 is 0 Å². The van der Waals surface area contributed by atoms with E-state index in [4.69, 9.17) is 11.8 Å². The van der Waals surface area contributed by atoms with Gasteiger partial charge in [0.1, 0.15) is 0 Å². The van der Waals surface area contributed by atoms with Crippen LogP contribution in [0, 0.1) is 24.8 Å². The molecule has 3 nitrogen and oxygen atoms in total. The second kappa shape index (κ2) is 6.13. The fourth-order valence-electron chi connectivity index (χ4n) is 2.52. The maximum atomic E-state index is 9.10. The van der Waals surface area contributed by atoms with Gasteiger partial charge in [-0.3, -0.25) is 4.98 Å². The third kappa shape index (κ3) is 2.95. The summed E-state index contributed by atoms with van der Waals surface area (Å²) in [6.07, 6.45) is 1.84. The molecule has 0 aliphatic heterocycles. The van der Waals surface area contributed by atoms with Crippen LogP contribution in [-0.4, -0.2) is 4.98 Å². The molecule has 0 spiro atoms. The van der Waals surface area contributed by atoms with Gasteiger partial charge in [0.15, 0.2) is 5.69 Å². The van der Waals surface area contributed by atoms with Gasteiger partial charge >= 0.3 is 0 Å². The van der Waals surface area contributed by atoms with Crippen molar-refractivity contribution in [3.05, 3.63) is 83.3 Å². The first-order valence-corrected chi connectivity index (χ1v) is 7.16. The molecule has 3 aromatic rings. The van der Waals surface area contributed by atoms with Crippen molar-refractivity contribution in [2.24, 2.45) is 0 Å². The molecule has 0 unspecified atom stereocenters. The highest BCUT2D eigenvalue weighted by atomic mass is 14.7. The van der Waals surface area contributed by atoms with Crippen molar-refractivity contribution in [2.45, 2.75) is 6.92 Å². The first-order chi connectivity index (χ1) is 11.2. The summed E-state index contributed by atoms with van der Waals surface area (Å²) in [6, 6.07) is 19.3. The Morgan fingerprint density at radius 3 is 2.48 bits per heavy atom. The van der Waals surface area contributed by atoms with Gasteiger partial charge in [-0.05, 0) is 47.9 Å². The Hall–Kier alpha value is -3.43. The van der Waals surface area contributed by atoms with Crippen molar-refractivity contribution >= 4 is 5.69 Å². The van der Waals surface area contributed by atoms with Crippen LogP contribution in [0.15, 0.2) is 60.8 Å². The van der Waals surface area contributed by atoms with Crippen molar-refractivity contribution < 1.29 is 0 Å². The lowest BCUT2D eigenvalue weighted by Crippen LogP contribution is -1.90. The second-order valence-electron chi connectivity index (χ2n) is 5.24. The van der Waals surface area contributed by atoms with Crippen LogP contribution in [0.1, 0.15) is 11.1 Å². The lowest BCUT2D eigenvalue weighted by Gasteiger charge is -2.09. The molecular formula is C20H13N3. The Labute approximate surface area is 135 Å². The van der Waals surface area contributed by atoms with Gasteiger partial charge in [-0.15, -0.1) is 0 Å². The summed E-state index contributed by atoms with van der Waals surface area (Å²) >= 11 is 0. The minimum Gasteiger partial charge on any atom is -0.256 e. The van der Waals surface area contributed by atoms with Crippen LogP contribution >= 0.6 is 0 Å². The van der Waals surface area contributed by atoms with Gasteiger partial charge in [-0.1, -0.05) is 30.3 Å². The highest BCUT2D eigenvalue weighted by Crippen LogP contribution is 2.29. The fourth-order valence-corrected chi connectivity index (χ4v) is 2.52. The standard InChI is InChI=1S/C20H13N3/c1-14-8-20(17-9-15(12-21)10-18(11-17)22-2)23-13-19(14)16-6-4-3-5-7-16/h3-11,13H,1H3. The monoisotopic (exact) mass is 295 g/mol. The maximum absolute atomic E-state index is 9.10. The predicted molar refractivity (Wildman–Crippen MR) is 90.8 cm³/mol. The van der Waals surface area contributed by atoms with Crippen molar-refractivity contribution in [1.82, 2.24) is 4.98 Å². The number of hydrogen-bond acceptors (Lipinski definition) is 2. The second-order valence-corrected chi connectivity index (χ2v) is 5.24. The summed E-state index contributed by atoms with van der Waals surface area (Å²) in [4.78, 5) is 7.95. The zero-order valence-electron chi connectivity index (χ0n) is 12.6. The van der Waals surface area contributed by atoms with Crippen molar-refractivity contribution in [1.29, 1.82) is 5.26 Å². The van der Waals surface area contributed by atoms with Crippen LogP contribution < -0.4 is 0 Å². The van der Waals surface area contributed by atoms with E-state index in [1.165, 1.54) is 0 Å². The highest BCUT2D eigenvalue weighted by molar-refractivity contribution is 5.73. The Morgan fingerprint density at radius 1 is 1.04 bits per heavy atom. The number of benzene rings is 2. The maximum Gasteiger partial charge on any atom is 0.189 e. The van der Waals surface area contributed by atoms with E-state index in [2.05, 4.69) is 28.0 Å². The molecule has 2 aromatic carbocycles. The first-order valence-electron chi connectivity index (χ1n) is 7.16. The quantitative estimate of drug-likeness (QED) is 0.614. The van der Waals surface area contributed by atoms with Crippen molar-refractivity contribution in [3.63, 3.8) is 0 Å². The molecule has 0 aliphatic rings. The minimum atomic E-state index is 0.450. The van der Waals surface area contributed by atoms with Crippen LogP contribution in [0.4, 0.5) is 5.69 Å². The summed E-state index contributed by atoms with van der Waals surface area (Å²) in [7, 11) is 0. The summed E-state index contributed by atoms with van der Waals surface area (Å²) in [5.41, 5.74) is 5.79. The van der Waals surface area contributed by atoms with Gasteiger partial charge in [0, 0.05) is 17.3 Å². The van der Waals surface area contributed by atoms with Crippen molar-refractivity contribution in [2.75, 3.05) is 0 Å². The Bertz CT molecular complexity index is 913. The molecule has 108 valence electrons. The van der Waals surface area contributed by atoms with E-state index in [1.54, 1.807) is 18.2 Å². The average molecular weight is 295 g/mol. The van der Waals surface area contributed by atoms with Crippen LogP contribution in [0.3, 0.4) is 0 Å². The number of hydrogen-bond donors (Lipinski definition) is 0. The predicted octanol–water partition coefficient (Wildman–Crippen LogP) is 5.15. The lowest BCUT2D eigenvalue weighted by atomic mass is 10.00. The van der Waals surface area contributed by atoms with Gasteiger partial charge in [0.25, 0.3) is 0 Å². The molecule has 1 aromatic heterocycles. The van der Waals surface area contributed by atoms with Crippen molar-refractivity contribution in [3.8, 4) is 28.5 Å². The normalized spacial score (nSPS) is 9.87. The Balaban J connectivity index is 2.08. The number of aromatic nitrogens is 1. The van der Waals surface area contributed by atoms with Gasteiger partial charge in [0.05, 0.1) is 18.3 Å². The Morgan fingerprint density at radius 2 is 1.83 bits per heavy atom. The van der Waals surface area contributed by atoms with E-state index >= 15 is 0 Å². The topological polar surface area (TPSA) is 41.0 Å². The first kappa shape index (κ1) is 14.5. The number of nitrogens with zero attached hydrogens (tertiary/aromatic N) is 3. The smallest absolute Gasteiger partial charge is 0.189 e. The molecule has 0 atom stereocenters. The molecule has 23 heavy (non-hydrogen) atoms.